The van der Waals surface area contributed by atoms with E-state index in [0.717, 1.165) is 18.9 Å². The number of fused-ring (bicyclic) bond motifs is 1. The maximum absolute atomic E-state index is 14.6. The Morgan fingerprint density at radius 1 is 1.30 bits per heavy atom. The molecule has 1 aromatic carbocycles. The molecule has 0 aliphatic carbocycles. The Morgan fingerprint density at radius 3 is 2.77 bits per heavy atom. The monoisotopic (exact) mass is 417 g/mol. The molecule has 160 valence electrons. The highest BCUT2D eigenvalue weighted by molar-refractivity contribution is 5.47. The first-order valence-corrected chi connectivity index (χ1v) is 10.2. The van der Waals surface area contributed by atoms with Gasteiger partial charge in [-0.3, -0.25) is 9.36 Å². The molecule has 1 aromatic heterocycles. The number of rotatable bonds is 5. The minimum Gasteiger partial charge on any atom is -0.402 e. The molecule has 2 aliphatic heterocycles. The number of aromatic nitrogens is 2. The number of hydrogen-bond acceptors (Lipinski definition) is 5. The normalized spacial score (nSPS) is 18.4. The van der Waals surface area contributed by atoms with Crippen molar-refractivity contribution in [3.8, 4) is 0 Å². The van der Waals surface area contributed by atoms with E-state index in [9.17, 15) is 13.6 Å². The van der Waals surface area contributed by atoms with E-state index in [2.05, 4.69) is 4.98 Å². The molecule has 2 aromatic rings. The van der Waals surface area contributed by atoms with Crippen molar-refractivity contribution in [3.05, 3.63) is 68.5 Å². The summed E-state index contributed by atoms with van der Waals surface area (Å²) in [5.74, 6) is -0.860. The van der Waals surface area contributed by atoms with Crippen molar-refractivity contribution in [3.63, 3.8) is 0 Å². The predicted molar refractivity (Wildman–Crippen MR) is 107 cm³/mol. The van der Waals surface area contributed by atoms with Crippen molar-refractivity contribution >= 4 is 6.08 Å². The van der Waals surface area contributed by atoms with Crippen molar-refractivity contribution in [1.29, 1.82) is 0 Å². The summed E-state index contributed by atoms with van der Waals surface area (Å²) in [5.41, 5.74) is 8.00. The smallest absolute Gasteiger partial charge is 0.260 e. The van der Waals surface area contributed by atoms with Crippen molar-refractivity contribution in [2.45, 2.75) is 45.4 Å². The zero-order valence-electron chi connectivity index (χ0n) is 16.9. The number of nitrogens with zero attached hydrogens (tertiary/aromatic N) is 2. The molecule has 4 rings (SSSR count). The summed E-state index contributed by atoms with van der Waals surface area (Å²) < 4.78 is 40.4. The fourth-order valence-electron chi connectivity index (χ4n) is 4.16. The van der Waals surface area contributed by atoms with Crippen LogP contribution in [0, 0.1) is 17.6 Å². The minimum atomic E-state index is -0.696. The lowest BCUT2D eigenvalue weighted by molar-refractivity contribution is 0.0756. The van der Waals surface area contributed by atoms with Crippen molar-refractivity contribution in [2.75, 3.05) is 13.2 Å². The molecule has 2 aliphatic rings. The Hall–Kier alpha value is -2.58. The standard InChI is InChI=1S/C22H25F2N3O3/c1-2-20(15-4-3-14(23)9-17(15)24)27-21(10-18(25)13-5-7-29-8-6-13)26-19-12-30-11-16(19)22(27)28/h3-4,9-10,13,20H,2,5-8,11-12,25H2,1H3/b18-10-. The Labute approximate surface area is 173 Å². The zero-order chi connectivity index (χ0) is 21.3. The lowest BCUT2D eigenvalue weighted by Gasteiger charge is -2.25. The molecule has 30 heavy (non-hydrogen) atoms. The third-order valence-corrected chi connectivity index (χ3v) is 5.82. The molecule has 6 nitrogen and oxygen atoms in total. The van der Waals surface area contributed by atoms with Gasteiger partial charge in [0.1, 0.15) is 17.5 Å². The summed E-state index contributed by atoms with van der Waals surface area (Å²) in [4.78, 5) is 18.0. The van der Waals surface area contributed by atoms with Crippen LogP contribution in [-0.2, 0) is 22.7 Å². The van der Waals surface area contributed by atoms with Crippen LogP contribution in [0.4, 0.5) is 8.78 Å². The van der Waals surface area contributed by atoms with Gasteiger partial charge in [0.05, 0.1) is 30.5 Å². The number of hydrogen-bond donors (Lipinski definition) is 1. The van der Waals surface area contributed by atoms with Crippen LogP contribution in [0.25, 0.3) is 6.08 Å². The van der Waals surface area contributed by atoms with E-state index in [-0.39, 0.29) is 30.3 Å². The van der Waals surface area contributed by atoms with Crippen LogP contribution < -0.4 is 11.3 Å². The van der Waals surface area contributed by atoms with Crippen LogP contribution >= 0.6 is 0 Å². The lowest BCUT2D eigenvalue weighted by Crippen LogP contribution is -2.32. The number of nitrogens with two attached hydrogens (primary N) is 1. The Kier molecular flexibility index (Phi) is 5.97. The summed E-state index contributed by atoms with van der Waals surface area (Å²) in [5, 5.41) is 0. The molecule has 0 radical (unpaired) electrons. The van der Waals surface area contributed by atoms with E-state index in [1.54, 1.807) is 6.08 Å². The SMILES string of the molecule is CCC(c1ccc(F)cc1F)n1c(/C=C(\N)C2CCOCC2)nc2c(c1=O)COC2. The fraction of sp³-hybridized carbons (Fsp3) is 0.455. The molecule has 0 amide bonds. The Morgan fingerprint density at radius 2 is 2.07 bits per heavy atom. The van der Waals surface area contributed by atoms with E-state index >= 15 is 0 Å². The average Bonchev–Trinajstić information content (AvgIpc) is 3.21. The lowest BCUT2D eigenvalue weighted by atomic mass is 9.96. The third-order valence-electron chi connectivity index (χ3n) is 5.82. The van der Waals surface area contributed by atoms with E-state index < -0.39 is 17.7 Å². The molecule has 1 fully saturated rings. The van der Waals surface area contributed by atoms with Crippen LogP contribution in [-0.4, -0.2) is 22.8 Å². The molecule has 1 atom stereocenters. The highest BCUT2D eigenvalue weighted by atomic mass is 19.1. The highest BCUT2D eigenvalue weighted by Crippen LogP contribution is 2.28. The van der Waals surface area contributed by atoms with Gasteiger partial charge >= 0.3 is 0 Å². The summed E-state index contributed by atoms with van der Waals surface area (Å²) in [6.07, 6.45) is 3.72. The molecule has 1 saturated heterocycles. The van der Waals surface area contributed by atoms with E-state index in [1.165, 1.54) is 16.7 Å². The van der Waals surface area contributed by atoms with Crippen LogP contribution in [0.5, 0.6) is 0 Å². The van der Waals surface area contributed by atoms with Crippen LogP contribution in [0.2, 0.25) is 0 Å². The van der Waals surface area contributed by atoms with E-state index in [1.807, 2.05) is 6.92 Å². The number of allylic oxidation sites excluding steroid dienone is 1. The molecule has 0 spiro atoms. The van der Waals surface area contributed by atoms with Gasteiger partial charge in [0.2, 0.25) is 0 Å². The Balaban J connectivity index is 1.86. The second-order valence-electron chi connectivity index (χ2n) is 7.68. The predicted octanol–water partition coefficient (Wildman–Crippen LogP) is 3.28. The van der Waals surface area contributed by atoms with Crippen LogP contribution in [0.1, 0.15) is 54.9 Å². The molecular weight excluding hydrogens is 392 g/mol. The molecule has 3 heterocycles. The molecule has 2 N–H and O–H groups in total. The summed E-state index contributed by atoms with van der Waals surface area (Å²) in [6.45, 7) is 3.54. The summed E-state index contributed by atoms with van der Waals surface area (Å²) in [6, 6.07) is 2.76. The third kappa shape index (κ3) is 3.89. The van der Waals surface area contributed by atoms with Gasteiger partial charge in [0.25, 0.3) is 5.56 Å². The first-order chi connectivity index (χ1) is 14.5. The van der Waals surface area contributed by atoms with E-state index in [0.29, 0.717) is 42.4 Å². The summed E-state index contributed by atoms with van der Waals surface area (Å²) >= 11 is 0. The molecule has 8 heteroatoms. The molecule has 0 bridgehead atoms. The van der Waals surface area contributed by atoms with Gasteiger partial charge in [0, 0.05) is 42.5 Å². The fourth-order valence-corrected chi connectivity index (χ4v) is 4.16. The van der Waals surface area contributed by atoms with Crippen molar-refractivity contribution < 1.29 is 18.3 Å². The second-order valence-corrected chi connectivity index (χ2v) is 7.68. The van der Waals surface area contributed by atoms with Gasteiger partial charge in [-0.25, -0.2) is 13.8 Å². The second kappa shape index (κ2) is 8.65. The van der Waals surface area contributed by atoms with Gasteiger partial charge < -0.3 is 15.2 Å². The Bertz CT molecular complexity index is 1030. The van der Waals surface area contributed by atoms with Gasteiger partial charge in [-0.15, -0.1) is 0 Å². The van der Waals surface area contributed by atoms with Crippen LogP contribution in [0.3, 0.4) is 0 Å². The minimum absolute atomic E-state index is 0.135. The highest BCUT2D eigenvalue weighted by Gasteiger charge is 2.27. The zero-order valence-corrected chi connectivity index (χ0v) is 16.9. The maximum Gasteiger partial charge on any atom is 0.260 e. The average molecular weight is 417 g/mol. The van der Waals surface area contributed by atoms with Crippen LogP contribution in [0.15, 0.2) is 28.7 Å². The first kappa shape index (κ1) is 20.7. The number of ether oxygens (including phenoxy) is 2. The topological polar surface area (TPSA) is 79.4 Å². The largest absolute Gasteiger partial charge is 0.402 e. The van der Waals surface area contributed by atoms with Gasteiger partial charge in [0.15, 0.2) is 0 Å². The van der Waals surface area contributed by atoms with Gasteiger partial charge in [-0.05, 0) is 25.3 Å². The van der Waals surface area contributed by atoms with E-state index in [4.69, 9.17) is 15.2 Å². The number of benzene rings is 1. The van der Waals surface area contributed by atoms with Gasteiger partial charge in [-0.2, -0.15) is 0 Å². The molecule has 1 unspecified atom stereocenters. The quantitative estimate of drug-likeness (QED) is 0.808. The maximum atomic E-state index is 14.6. The first-order valence-electron chi connectivity index (χ1n) is 10.2. The van der Waals surface area contributed by atoms with Crippen molar-refractivity contribution in [2.24, 2.45) is 11.7 Å². The van der Waals surface area contributed by atoms with Crippen molar-refractivity contribution in [1.82, 2.24) is 9.55 Å². The van der Waals surface area contributed by atoms with Gasteiger partial charge in [-0.1, -0.05) is 13.0 Å². The number of halogens is 2. The molecule has 0 saturated carbocycles. The molecular formula is C22H25F2N3O3. The summed E-state index contributed by atoms with van der Waals surface area (Å²) in [7, 11) is 0.